The maximum Gasteiger partial charge on any atom is 0.165 e. The lowest BCUT2D eigenvalue weighted by Gasteiger charge is -2.22. The Balaban J connectivity index is 3.06. The zero-order valence-corrected chi connectivity index (χ0v) is 9.21. The van der Waals surface area contributed by atoms with Crippen LogP contribution in [0.2, 0.25) is 0 Å². The van der Waals surface area contributed by atoms with E-state index in [1.54, 1.807) is 12.1 Å². The molecule has 0 unspecified atom stereocenters. The van der Waals surface area contributed by atoms with Crippen molar-refractivity contribution in [3.05, 3.63) is 29.6 Å². The summed E-state index contributed by atoms with van der Waals surface area (Å²) in [6, 6.07) is 4.78. The number of benzene rings is 1. The largest absolute Gasteiger partial charge is 0.494 e. The Hall–Kier alpha value is -1.38. The summed E-state index contributed by atoms with van der Waals surface area (Å²) in [6.45, 7) is 3.81. The van der Waals surface area contributed by atoms with E-state index in [1.807, 2.05) is 13.8 Å². The zero-order valence-electron chi connectivity index (χ0n) is 9.21. The highest BCUT2D eigenvalue weighted by atomic mass is 19.1. The highest BCUT2D eigenvalue weighted by molar-refractivity contribution is 5.53. The fourth-order valence-corrected chi connectivity index (χ4v) is 1.41. The van der Waals surface area contributed by atoms with Crippen LogP contribution in [0.3, 0.4) is 0 Å². The van der Waals surface area contributed by atoms with Crippen molar-refractivity contribution in [3.8, 4) is 5.75 Å². The summed E-state index contributed by atoms with van der Waals surface area (Å²) in [5.74, 6) is -0.172. The van der Waals surface area contributed by atoms with Crippen LogP contribution in [0, 0.1) is 5.82 Å². The number of halogens is 1. The van der Waals surface area contributed by atoms with Crippen LogP contribution in [0.15, 0.2) is 18.2 Å². The number of carbonyl (C=O) groups is 1. The van der Waals surface area contributed by atoms with Gasteiger partial charge in [0.2, 0.25) is 0 Å². The number of hydrogen-bond donors (Lipinski definition) is 0. The molecule has 1 rings (SSSR count). The third-order valence-corrected chi connectivity index (χ3v) is 2.53. The van der Waals surface area contributed by atoms with Crippen LogP contribution in [-0.4, -0.2) is 13.4 Å². The third-order valence-electron chi connectivity index (χ3n) is 2.53. The second-order valence-corrected chi connectivity index (χ2v) is 4.10. The molecule has 0 amide bonds. The summed E-state index contributed by atoms with van der Waals surface area (Å²) in [7, 11) is 1.43. The SMILES string of the molecule is COc1ccc(C(C)(C)CC=O)cc1F. The molecule has 2 nitrogen and oxygen atoms in total. The Labute approximate surface area is 89.1 Å². The summed E-state index contributed by atoms with van der Waals surface area (Å²) in [5.41, 5.74) is 0.461. The topological polar surface area (TPSA) is 26.3 Å². The molecule has 0 radical (unpaired) electrons. The summed E-state index contributed by atoms with van der Waals surface area (Å²) in [5, 5.41) is 0. The molecule has 0 heterocycles. The number of hydrogen-bond acceptors (Lipinski definition) is 2. The monoisotopic (exact) mass is 210 g/mol. The summed E-state index contributed by atoms with van der Waals surface area (Å²) < 4.78 is 18.2. The summed E-state index contributed by atoms with van der Waals surface area (Å²) in [4.78, 5) is 10.5. The van der Waals surface area contributed by atoms with E-state index < -0.39 is 5.82 Å². The average molecular weight is 210 g/mol. The van der Waals surface area contributed by atoms with Gasteiger partial charge in [0.05, 0.1) is 7.11 Å². The first-order valence-electron chi connectivity index (χ1n) is 4.79. The molecule has 0 aliphatic rings. The number of ether oxygens (including phenoxy) is 1. The van der Waals surface area contributed by atoms with Gasteiger partial charge < -0.3 is 9.53 Å². The van der Waals surface area contributed by atoms with E-state index in [-0.39, 0.29) is 11.2 Å². The first-order valence-corrected chi connectivity index (χ1v) is 4.79. The van der Waals surface area contributed by atoms with Crippen molar-refractivity contribution in [2.45, 2.75) is 25.7 Å². The normalized spacial score (nSPS) is 11.2. The van der Waals surface area contributed by atoms with Crippen LogP contribution in [0.4, 0.5) is 4.39 Å². The fourth-order valence-electron chi connectivity index (χ4n) is 1.41. The lowest BCUT2D eigenvalue weighted by molar-refractivity contribution is -0.108. The zero-order chi connectivity index (χ0) is 11.5. The van der Waals surface area contributed by atoms with E-state index in [1.165, 1.54) is 13.2 Å². The Kier molecular flexibility index (Phi) is 3.45. The van der Waals surface area contributed by atoms with Crippen molar-refractivity contribution >= 4 is 6.29 Å². The van der Waals surface area contributed by atoms with Gasteiger partial charge >= 0.3 is 0 Å². The third kappa shape index (κ3) is 2.55. The molecule has 0 N–H and O–H groups in total. The van der Waals surface area contributed by atoms with Crippen LogP contribution in [0.25, 0.3) is 0 Å². The Bertz CT molecular complexity index is 359. The van der Waals surface area contributed by atoms with Gasteiger partial charge in [-0.1, -0.05) is 19.9 Å². The fraction of sp³-hybridized carbons (Fsp3) is 0.417. The van der Waals surface area contributed by atoms with Crippen LogP contribution >= 0.6 is 0 Å². The van der Waals surface area contributed by atoms with Crippen molar-refractivity contribution in [3.63, 3.8) is 0 Å². The molecule has 0 fully saturated rings. The maximum absolute atomic E-state index is 13.4. The molecule has 82 valence electrons. The van der Waals surface area contributed by atoms with E-state index in [2.05, 4.69) is 0 Å². The van der Waals surface area contributed by atoms with Crippen molar-refractivity contribution in [2.75, 3.05) is 7.11 Å². The average Bonchev–Trinajstić information content (AvgIpc) is 2.17. The number of methoxy groups -OCH3 is 1. The second-order valence-electron chi connectivity index (χ2n) is 4.10. The summed E-state index contributed by atoms with van der Waals surface area (Å²) in [6.07, 6.45) is 1.22. The van der Waals surface area contributed by atoms with Gasteiger partial charge in [0.1, 0.15) is 6.29 Å². The van der Waals surface area contributed by atoms with E-state index >= 15 is 0 Å². The van der Waals surface area contributed by atoms with Gasteiger partial charge in [-0.05, 0) is 23.1 Å². The molecule has 0 spiro atoms. The van der Waals surface area contributed by atoms with Crippen LogP contribution < -0.4 is 4.74 Å². The molecule has 3 heteroatoms. The Morgan fingerprint density at radius 3 is 2.60 bits per heavy atom. The number of carbonyl (C=O) groups excluding carboxylic acids is 1. The van der Waals surface area contributed by atoms with Gasteiger partial charge in [-0.25, -0.2) is 4.39 Å². The lowest BCUT2D eigenvalue weighted by atomic mass is 9.82. The molecule has 0 aromatic heterocycles. The predicted octanol–water partition coefficient (Wildman–Crippen LogP) is 2.70. The molecule has 1 aromatic rings. The molecular formula is C12H15FO2. The highest BCUT2D eigenvalue weighted by Crippen LogP contribution is 2.29. The minimum atomic E-state index is -0.394. The van der Waals surface area contributed by atoms with E-state index in [0.717, 1.165) is 11.8 Å². The minimum absolute atomic E-state index is 0.223. The number of rotatable bonds is 4. The molecule has 0 saturated heterocycles. The highest BCUT2D eigenvalue weighted by Gasteiger charge is 2.21. The van der Waals surface area contributed by atoms with E-state index in [0.29, 0.717) is 6.42 Å². The van der Waals surface area contributed by atoms with Crippen molar-refractivity contribution in [1.29, 1.82) is 0 Å². The van der Waals surface area contributed by atoms with Crippen LogP contribution in [0.5, 0.6) is 5.75 Å². The molecule has 1 aromatic carbocycles. The quantitative estimate of drug-likeness (QED) is 0.714. The molecule has 0 saturated carbocycles. The van der Waals surface area contributed by atoms with Gasteiger partial charge in [0.25, 0.3) is 0 Å². The smallest absolute Gasteiger partial charge is 0.165 e. The van der Waals surface area contributed by atoms with Gasteiger partial charge in [-0.2, -0.15) is 0 Å². The molecule has 15 heavy (non-hydrogen) atoms. The standard InChI is InChI=1S/C12H15FO2/c1-12(2,6-7-14)9-4-5-11(15-3)10(13)8-9/h4-5,7-8H,6H2,1-3H3. The second kappa shape index (κ2) is 4.43. The van der Waals surface area contributed by atoms with Crippen LogP contribution in [0.1, 0.15) is 25.8 Å². The molecule has 0 bridgehead atoms. The first kappa shape index (κ1) is 11.7. The molecule has 0 aliphatic heterocycles. The van der Waals surface area contributed by atoms with Crippen molar-refractivity contribution < 1.29 is 13.9 Å². The number of aldehydes is 1. The Morgan fingerprint density at radius 1 is 1.47 bits per heavy atom. The van der Waals surface area contributed by atoms with Gasteiger partial charge in [-0.3, -0.25) is 0 Å². The predicted molar refractivity (Wildman–Crippen MR) is 56.7 cm³/mol. The lowest BCUT2D eigenvalue weighted by Crippen LogP contribution is -2.17. The molecule has 0 atom stereocenters. The Morgan fingerprint density at radius 2 is 2.13 bits per heavy atom. The van der Waals surface area contributed by atoms with Crippen molar-refractivity contribution in [2.24, 2.45) is 0 Å². The van der Waals surface area contributed by atoms with Crippen molar-refractivity contribution in [1.82, 2.24) is 0 Å². The van der Waals surface area contributed by atoms with E-state index in [9.17, 15) is 9.18 Å². The first-order chi connectivity index (χ1) is 7.01. The summed E-state index contributed by atoms with van der Waals surface area (Å²) >= 11 is 0. The molecular weight excluding hydrogens is 195 g/mol. The van der Waals surface area contributed by atoms with Gasteiger partial charge in [-0.15, -0.1) is 0 Å². The van der Waals surface area contributed by atoms with Gasteiger partial charge in [0, 0.05) is 6.42 Å². The minimum Gasteiger partial charge on any atom is -0.494 e. The van der Waals surface area contributed by atoms with Gasteiger partial charge in [0.15, 0.2) is 11.6 Å². The van der Waals surface area contributed by atoms with E-state index in [4.69, 9.17) is 4.74 Å². The molecule has 0 aliphatic carbocycles. The van der Waals surface area contributed by atoms with Crippen LogP contribution in [-0.2, 0) is 10.2 Å². The maximum atomic E-state index is 13.4.